The van der Waals surface area contributed by atoms with Gasteiger partial charge in [0.25, 0.3) is 5.56 Å². The summed E-state index contributed by atoms with van der Waals surface area (Å²) < 4.78 is 1.42. The molecule has 2 N–H and O–H groups in total. The smallest absolute Gasteiger partial charge is 0.263 e. The molecule has 3 rings (SSSR count). The van der Waals surface area contributed by atoms with Gasteiger partial charge in [-0.05, 0) is 49.6 Å². The summed E-state index contributed by atoms with van der Waals surface area (Å²) in [6, 6.07) is 8.29. The predicted octanol–water partition coefficient (Wildman–Crippen LogP) is 3.71. The minimum absolute atomic E-state index is 0.0386. The third-order valence-electron chi connectivity index (χ3n) is 4.00. The summed E-state index contributed by atoms with van der Waals surface area (Å²) in [6.45, 7) is 0.0386. The minimum atomic E-state index is -0.361. The normalized spacial score (nSPS) is 11.2. The SMILES string of the molecule is O=c1c(CCCCO)c(O)c2cccnc2n1-c1ccc(Cl)c(Cl)c1. The third-order valence-corrected chi connectivity index (χ3v) is 4.74. The van der Waals surface area contributed by atoms with E-state index in [4.69, 9.17) is 28.3 Å². The molecule has 0 aliphatic heterocycles. The van der Waals surface area contributed by atoms with Gasteiger partial charge in [-0.3, -0.25) is 9.36 Å². The van der Waals surface area contributed by atoms with Gasteiger partial charge in [0.05, 0.1) is 26.7 Å². The molecular formula is C18H16Cl2N2O3. The van der Waals surface area contributed by atoms with Crippen LogP contribution in [0, 0.1) is 0 Å². The van der Waals surface area contributed by atoms with Gasteiger partial charge in [0.15, 0.2) is 5.65 Å². The van der Waals surface area contributed by atoms with E-state index < -0.39 is 0 Å². The number of aromatic hydroxyl groups is 1. The Kier molecular flexibility index (Phi) is 5.27. The summed E-state index contributed by atoms with van der Waals surface area (Å²) in [7, 11) is 0. The van der Waals surface area contributed by atoms with Crippen LogP contribution < -0.4 is 5.56 Å². The molecule has 0 saturated carbocycles. The number of nitrogens with zero attached hydrogens (tertiary/aromatic N) is 2. The highest BCUT2D eigenvalue weighted by Crippen LogP contribution is 2.29. The van der Waals surface area contributed by atoms with E-state index >= 15 is 0 Å². The van der Waals surface area contributed by atoms with E-state index in [1.54, 1.807) is 36.5 Å². The molecule has 0 aliphatic carbocycles. The molecule has 2 aromatic heterocycles. The number of halogens is 2. The van der Waals surface area contributed by atoms with Gasteiger partial charge in [-0.15, -0.1) is 0 Å². The Hall–Kier alpha value is -2.08. The number of aliphatic hydroxyl groups is 1. The molecule has 0 amide bonds. The largest absolute Gasteiger partial charge is 0.507 e. The van der Waals surface area contributed by atoms with Crippen LogP contribution in [-0.4, -0.2) is 26.4 Å². The van der Waals surface area contributed by atoms with E-state index in [1.807, 2.05) is 0 Å². The van der Waals surface area contributed by atoms with Gasteiger partial charge in [0, 0.05) is 12.8 Å². The molecule has 0 radical (unpaired) electrons. The van der Waals surface area contributed by atoms with Crippen LogP contribution >= 0.6 is 23.2 Å². The van der Waals surface area contributed by atoms with Crippen LogP contribution in [0.15, 0.2) is 41.3 Å². The molecule has 130 valence electrons. The average molecular weight is 379 g/mol. The number of aromatic nitrogens is 2. The molecule has 0 unspecified atom stereocenters. The molecule has 5 nitrogen and oxygen atoms in total. The van der Waals surface area contributed by atoms with Crippen LogP contribution in [-0.2, 0) is 6.42 Å². The second-order valence-electron chi connectivity index (χ2n) is 5.62. The highest BCUT2D eigenvalue weighted by atomic mass is 35.5. The van der Waals surface area contributed by atoms with Crippen molar-refractivity contribution in [3.8, 4) is 11.4 Å². The number of hydrogen-bond acceptors (Lipinski definition) is 4. The van der Waals surface area contributed by atoms with E-state index in [1.165, 1.54) is 4.57 Å². The summed E-state index contributed by atoms with van der Waals surface area (Å²) in [5.74, 6) is -0.0673. The molecule has 0 spiro atoms. The first-order valence-corrected chi connectivity index (χ1v) is 8.58. The van der Waals surface area contributed by atoms with Crippen molar-refractivity contribution in [2.24, 2.45) is 0 Å². The van der Waals surface area contributed by atoms with Crippen LogP contribution in [0.5, 0.6) is 5.75 Å². The second kappa shape index (κ2) is 7.44. The maximum atomic E-state index is 13.0. The van der Waals surface area contributed by atoms with Crippen LogP contribution in [0.4, 0.5) is 0 Å². The van der Waals surface area contributed by atoms with Gasteiger partial charge >= 0.3 is 0 Å². The number of rotatable bonds is 5. The van der Waals surface area contributed by atoms with Crippen molar-refractivity contribution in [3.05, 3.63) is 62.5 Å². The van der Waals surface area contributed by atoms with Gasteiger partial charge in [-0.25, -0.2) is 4.98 Å². The lowest BCUT2D eigenvalue weighted by Gasteiger charge is -2.14. The maximum absolute atomic E-state index is 13.0. The standard InChI is InChI=1S/C18H16Cl2N2O3/c19-14-7-6-11(10-15(14)20)22-17-12(5-3-8-21-17)16(24)13(18(22)25)4-1-2-9-23/h3,5-8,10,23-24H,1-2,4,9H2. The van der Waals surface area contributed by atoms with Gasteiger partial charge in [0.1, 0.15) is 5.75 Å². The molecule has 0 aliphatic rings. The van der Waals surface area contributed by atoms with Crippen molar-refractivity contribution < 1.29 is 10.2 Å². The molecule has 0 bridgehead atoms. The zero-order chi connectivity index (χ0) is 18.0. The topological polar surface area (TPSA) is 75.3 Å². The Morgan fingerprint density at radius 2 is 1.92 bits per heavy atom. The Labute approximate surface area is 154 Å². The summed E-state index contributed by atoms with van der Waals surface area (Å²) in [5, 5.41) is 20.7. The molecule has 0 atom stereocenters. The highest BCUT2D eigenvalue weighted by Gasteiger charge is 2.18. The highest BCUT2D eigenvalue weighted by molar-refractivity contribution is 6.42. The van der Waals surface area contributed by atoms with Crippen LogP contribution in [0.1, 0.15) is 18.4 Å². The van der Waals surface area contributed by atoms with Crippen LogP contribution in [0.2, 0.25) is 10.0 Å². The van der Waals surface area contributed by atoms with Crippen molar-refractivity contribution >= 4 is 34.2 Å². The van der Waals surface area contributed by atoms with Crippen molar-refractivity contribution in [3.63, 3.8) is 0 Å². The van der Waals surface area contributed by atoms with Gasteiger partial charge < -0.3 is 10.2 Å². The first-order valence-electron chi connectivity index (χ1n) is 7.82. The summed E-state index contributed by atoms with van der Waals surface area (Å²) in [6.07, 6.45) is 3.06. The molecule has 3 aromatic rings. The molecule has 25 heavy (non-hydrogen) atoms. The fourth-order valence-electron chi connectivity index (χ4n) is 2.76. The van der Waals surface area contributed by atoms with Crippen LogP contribution in [0.25, 0.3) is 16.7 Å². The lowest BCUT2D eigenvalue weighted by molar-refractivity contribution is 0.284. The van der Waals surface area contributed by atoms with Gasteiger partial charge in [0.2, 0.25) is 0 Å². The Morgan fingerprint density at radius 3 is 2.64 bits per heavy atom. The van der Waals surface area contributed by atoms with Gasteiger partial charge in [-0.1, -0.05) is 23.2 Å². The molecule has 7 heteroatoms. The van der Waals surface area contributed by atoms with E-state index in [-0.39, 0.29) is 17.9 Å². The zero-order valence-electron chi connectivity index (χ0n) is 13.2. The summed E-state index contributed by atoms with van der Waals surface area (Å²) in [4.78, 5) is 17.3. The van der Waals surface area contributed by atoms with Crippen molar-refractivity contribution in [2.45, 2.75) is 19.3 Å². The van der Waals surface area contributed by atoms with E-state index in [0.717, 1.165) is 0 Å². The minimum Gasteiger partial charge on any atom is -0.507 e. The number of pyridine rings is 2. The number of unbranched alkanes of at least 4 members (excludes halogenated alkanes) is 1. The average Bonchev–Trinajstić information content (AvgIpc) is 2.61. The number of benzene rings is 1. The van der Waals surface area contributed by atoms with Crippen molar-refractivity contribution in [1.29, 1.82) is 0 Å². The van der Waals surface area contributed by atoms with E-state index in [9.17, 15) is 9.90 Å². The monoisotopic (exact) mass is 378 g/mol. The molecule has 1 aromatic carbocycles. The van der Waals surface area contributed by atoms with Crippen LogP contribution in [0.3, 0.4) is 0 Å². The Balaban J connectivity index is 2.29. The van der Waals surface area contributed by atoms with Crippen molar-refractivity contribution in [1.82, 2.24) is 9.55 Å². The van der Waals surface area contributed by atoms with Gasteiger partial charge in [-0.2, -0.15) is 0 Å². The zero-order valence-corrected chi connectivity index (χ0v) is 14.8. The second-order valence-corrected chi connectivity index (χ2v) is 6.44. The molecule has 2 heterocycles. The van der Waals surface area contributed by atoms with Crippen molar-refractivity contribution in [2.75, 3.05) is 6.61 Å². The Morgan fingerprint density at radius 1 is 1.12 bits per heavy atom. The first-order chi connectivity index (χ1) is 12.0. The summed E-state index contributed by atoms with van der Waals surface area (Å²) in [5.41, 5.74) is 0.792. The fourth-order valence-corrected chi connectivity index (χ4v) is 3.05. The lowest BCUT2D eigenvalue weighted by Crippen LogP contribution is -2.23. The number of hydrogen-bond donors (Lipinski definition) is 2. The number of fused-ring (bicyclic) bond motifs is 1. The predicted molar refractivity (Wildman–Crippen MR) is 99.0 cm³/mol. The van der Waals surface area contributed by atoms with E-state index in [2.05, 4.69) is 4.98 Å². The fraction of sp³-hybridized carbons (Fsp3) is 0.222. The molecule has 0 saturated heterocycles. The number of aliphatic hydroxyl groups excluding tert-OH is 1. The van der Waals surface area contributed by atoms with E-state index in [0.29, 0.717) is 51.6 Å². The first kappa shape index (κ1) is 17.7. The molecular weight excluding hydrogens is 363 g/mol. The molecule has 0 fully saturated rings. The quantitative estimate of drug-likeness (QED) is 0.663. The lowest BCUT2D eigenvalue weighted by atomic mass is 10.1. The maximum Gasteiger partial charge on any atom is 0.263 e. The summed E-state index contributed by atoms with van der Waals surface area (Å²) >= 11 is 12.1. The Bertz CT molecular complexity index is 986. The third kappa shape index (κ3) is 3.35.